The molecule has 0 unspecified atom stereocenters. The molecule has 1 saturated heterocycles. The van der Waals surface area contributed by atoms with Crippen LogP contribution in [0.5, 0.6) is 0 Å². The van der Waals surface area contributed by atoms with Gasteiger partial charge in [0, 0.05) is 31.5 Å². The van der Waals surface area contributed by atoms with Crippen molar-refractivity contribution in [3.8, 4) is 0 Å². The van der Waals surface area contributed by atoms with Crippen LogP contribution in [0, 0.1) is 0 Å². The van der Waals surface area contributed by atoms with Gasteiger partial charge in [-0.15, -0.1) is 0 Å². The number of aromatic nitrogens is 1. The van der Waals surface area contributed by atoms with Crippen LogP contribution in [0.25, 0.3) is 0 Å². The summed E-state index contributed by atoms with van der Waals surface area (Å²) in [4.78, 5) is 6.12. The quantitative estimate of drug-likeness (QED) is 0.909. The zero-order valence-corrected chi connectivity index (χ0v) is 12.6. The number of benzene rings is 1. The summed E-state index contributed by atoms with van der Waals surface area (Å²) in [5.41, 5.74) is 1.35. The molecule has 2 aromatic rings. The highest BCUT2D eigenvalue weighted by molar-refractivity contribution is 5.50. The molecule has 1 aromatic carbocycles. The van der Waals surface area contributed by atoms with E-state index in [9.17, 15) is 13.2 Å². The molecule has 0 spiro atoms. The Morgan fingerprint density at radius 2 is 1.74 bits per heavy atom. The minimum atomic E-state index is -4.41. The fraction of sp³-hybridized carbons (Fsp3) is 0.353. The number of nitrogens with zero attached hydrogens (tertiary/aromatic N) is 2. The average Bonchev–Trinajstić information content (AvgIpc) is 3.07. The zero-order chi connectivity index (χ0) is 16.3. The minimum absolute atomic E-state index is 0.136. The summed E-state index contributed by atoms with van der Waals surface area (Å²) in [6.45, 7) is 2.45. The highest BCUT2D eigenvalue weighted by atomic mass is 19.4. The standard InChI is InChI=1S/C17H18F3N3/c18-17(19,20)15-4-3-9-21-16(15)22-12-13-5-7-14(8-6-13)23-10-1-2-11-23/h3-9H,1-2,10-12H2,(H,21,22). The highest BCUT2D eigenvalue weighted by Gasteiger charge is 2.33. The number of alkyl halides is 3. The van der Waals surface area contributed by atoms with E-state index in [0.717, 1.165) is 24.7 Å². The molecule has 1 aliphatic heterocycles. The third kappa shape index (κ3) is 3.75. The Balaban J connectivity index is 1.67. The number of halogens is 3. The number of hydrogen-bond acceptors (Lipinski definition) is 3. The number of rotatable bonds is 4. The zero-order valence-electron chi connectivity index (χ0n) is 12.6. The second kappa shape index (κ2) is 6.48. The van der Waals surface area contributed by atoms with E-state index in [2.05, 4.69) is 15.2 Å². The molecular weight excluding hydrogens is 303 g/mol. The molecule has 0 bridgehead atoms. The second-order valence-electron chi connectivity index (χ2n) is 5.61. The summed E-state index contributed by atoms with van der Waals surface area (Å²) in [5.74, 6) is -0.136. The van der Waals surface area contributed by atoms with E-state index < -0.39 is 11.7 Å². The summed E-state index contributed by atoms with van der Waals surface area (Å²) in [6, 6.07) is 10.2. The first-order valence-electron chi connectivity index (χ1n) is 7.64. The Labute approximate surface area is 133 Å². The molecule has 1 aliphatic rings. The van der Waals surface area contributed by atoms with E-state index in [0.29, 0.717) is 6.54 Å². The molecule has 23 heavy (non-hydrogen) atoms. The lowest BCUT2D eigenvalue weighted by Crippen LogP contribution is -2.17. The summed E-state index contributed by atoms with van der Waals surface area (Å²) >= 11 is 0. The fourth-order valence-electron chi connectivity index (χ4n) is 2.76. The van der Waals surface area contributed by atoms with Gasteiger partial charge in [-0.1, -0.05) is 12.1 Å². The van der Waals surface area contributed by atoms with E-state index >= 15 is 0 Å². The molecule has 0 radical (unpaired) electrons. The topological polar surface area (TPSA) is 28.2 Å². The molecule has 3 rings (SSSR count). The first-order valence-corrected chi connectivity index (χ1v) is 7.64. The minimum Gasteiger partial charge on any atom is -0.372 e. The van der Waals surface area contributed by atoms with E-state index in [1.54, 1.807) is 0 Å². The highest BCUT2D eigenvalue weighted by Crippen LogP contribution is 2.33. The fourth-order valence-corrected chi connectivity index (χ4v) is 2.76. The van der Waals surface area contributed by atoms with E-state index in [1.807, 2.05) is 24.3 Å². The van der Waals surface area contributed by atoms with Gasteiger partial charge in [0.15, 0.2) is 0 Å². The first kappa shape index (κ1) is 15.6. The van der Waals surface area contributed by atoms with Crippen LogP contribution < -0.4 is 10.2 Å². The second-order valence-corrected chi connectivity index (χ2v) is 5.61. The van der Waals surface area contributed by atoms with Crippen molar-refractivity contribution in [1.82, 2.24) is 4.98 Å². The van der Waals surface area contributed by atoms with Crippen molar-refractivity contribution in [3.05, 3.63) is 53.7 Å². The molecule has 2 heterocycles. The van der Waals surface area contributed by atoms with Crippen LogP contribution in [-0.2, 0) is 12.7 Å². The number of nitrogens with one attached hydrogen (secondary N) is 1. The van der Waals surface area contributed by atoms with Crippen molar-refractivity contribution in [2.75, 3.05) is 23.3 Å². The Kier molecular flexibility index (Phi) is 4.41. The molecule has 0 amide bonds. The smallest absolute Gasteiger partial charge is 0.372 e. The van der Waals surface area contributed by atoms with Crippen molar-refractivity contribution in [2.24, 2.45) is 0 Å². The van der Waals surface area contributed by atoms with Crippen LogP contribution in [-0.4, -0.2) is 18.1 Å². The van der Waals surface area contributed by atoms with Crippen molar-refractivity contribution in [1.29, 1.82) is 0 Å². The molecule has 0 saturated carbocycles. The van der Waals surface area contributed by atoms with Crippen molar-refractivity contribution >= 4 is 11.5 Å². The lowest BCUT2D eigenvalue weighted by Gasteiger charge is -2.18. The maximum atomic E-state index is 12.9. The monoisotopic (exact) mass is 321 g/mol. The molecular formula is C17H18F3N3. The lowest BCUT2D eigenvalue weighted by atomic mass is 10.2. The first-order chi connectivity index (χ1) is 11.0. The predicted octanol–water partition coefficient (Wildman–Crippen LogP) is 4.31. The number of pyridine rings is 1. The van der Waals surface area contributed by atoms with Crippen LogP contribution in [0.4, 0.5) is 24.7 Å². The van der Waals surface area contributed by atoms with Gasteiger partial charge in [-0.3, -0.25) is 0 Å². The van der Waals surface area contributed by atoms with Crippen LogP contribution in [0.1, 0.15) is 24.0 Å². The van der Waals surface area contributed by atoms with Crippen molar-refractivity contribution < 1.29 is 13.2 Å². The molecule has 1 aromatic heterocycles. The molecule has 0 atom stereocenters. The van der Waals surface area contributed by atoms with Gasteiger partial charge in [-0.05, 0) is 42.7 Å². The van der Waals surface area contributed by atoms with Crippen molar-refractivity contribution in [3.63, 3.8) is 0 Å². The number of anilines is 2. The largest absolute Gasteiger partial charge is 0.419 e. The van der Waals surface area contributed by atoms with Gasteiger partial charge in [0.05, 0.1) is 5.56 Å². The summed E-state index contributed by atoms with van der Waals surface area (Å²) in [5, 5.41) is 2.78. The van der Waals surface area contributed by atoms with E-state index in [1.165, 1.54) is 30.8 Å². The Morgan fingerprint density at radius 1 is 1.04 bits per heavy atom. The summed E-state index contributed by atoms with van der Waals surface area (Å²) in [6.07, 6.45) is -0.628. The molecule has 1 fully saturated rings. The van der Waals surface area contributed by atoms with Gasteiger partial charge in [-0.2, -0.15) is 13.2 Å². The van der Waals surface area contributed by atoms with Gasteiger partial charge in [0.1, 0.15) is 5.82 Å². The normalized spacial score (nSPS) is 15.0. The van der Waals surface area contributed by atoms with Gasteiger partial charge in [-0.25, -0.2) is 4.98 Å². The van der Waals surface area contributed by atoms with E-state index in [-0.39, 0.29) is 5.82 Å². The summed E-state index contributed by atoms with van der Waals surface area (Å²) < 4.78 is 38.7. The maximum Gasteiger partial charge on any atom is 0.419 e. The number of hydrogen-bond donors (Lipinski definition) is 1. The average molecular weight is 321 g/mol. The lowest BCUT2D eigenvalue weighted by molar-refractivity contribution is -0.137. The van der Waals surface area contributed by atoms with Gasteiger partial charge >= 0.3 is 6.18 Å². The van der Waals surface area contributed by atoms with Crippen molar-refractivity contribution in [2.45, 2.75) is 25.6 Å². The Hall–Kier alpha value is -2.24. The summed E-state index contributed by atoms with van der Waals surface area (Å²) in [7, 11) is 0. The Morgan fingerprint density at radius 3 is 2.39 bits per heavy atom. The third-order valence-electron chi connectivity index (χ3n) is 3.98. The molecule has 122 valence electrons. The maximum absolute atomic E-state index is 12.9. The van der Waals surface area contributed by atoms with Gasteiger partial charge in [0.2, 0.25) is 0 Å². The van der Waals surface area contributed by atoms with E-state index in [4.69, 9.17) is 0 Å². The molecule has 6 heteroatoms. The molecule has 0 aliphatic carbocycles. The third-order valence-corrected chi connectivity index (χ3v) is 3.98. The van der Waals surface area contributed by atoms with Crippen LogP contribution in [0.15, 0.2) is 42.6 Å². The van der Waals surface area contributed by atoms with Crippen LogP contribution >= 0.6 is 0 Å². The van der Waals surface area contributed by atoms with Crippen LogP contribution in [0.2, 0.25) is 0 Å². The predicted molar refractivity (Wildman–Crippen MR) is 84.5 cm³/mol. The van der Waals surface area contributed by atoms with Crippen LogP contribution in [0.3, 0.4) is 0 Å². The molecule has 1 N–H and O–H groups in total. The molecule has 3 nitrogen and oxygen atoms in total. The van der Waals surface area contributed by atoms with Gasteiger partial charge in [0.25, 0.3) is 0 Å². The van der Waals surface area contributed by atoms with Gasteiger partial charge < -0.3 is 10.2 Å². The SMILES string of the molecule is FC(F)(F)c1cccnc1NCc1ccc(N2CCCC2)cc1. The Bertz CT molecular complexity index is 647.